The van der Waals surface area contributed by atoms with Crippen molar-refractivity contribution in [3.63, 3.8) is 0 Å². The molecule has 3 rings (SSSR count). The number of carbonyl (C=O) groups is 1. The normalized spacial score (nSPS) is 17.7. The van der Waals surface area contributed by atoms with Crippen molar-refractivity contribution in [2.24, 2.45) is 5.92 Å². The van der Waals surface area contributed by atoms with E-state index in [1.54, 1.807) is 17.0 Å². The van der Waals surface area contributed by atoms with E-state index in [1.807, 2.05) is 24.3 Å². The smallest absolute Gasteiger partial charge is 0.227 e. The van der Waals surface area contributed by atoms with Crippen LogP contribution in [0.15, 0.2) is 48.5 Å². The van der Waals surface area contributed by atoms with Crippen molar-refractivity contribution in [3.8, 4) is 0 Å². The summed E-state index contributed by atoms with van der Waals surface area (Å²) in [5.74, 6) is 0.0537. The molecule has 1 fully saturated rings. The maximum atomic E-state index is 13.0. The number of hydrogen-bond acceptors (Lipinski definition) is 2. The second-order valence-corrected chi connectivity index (χ2v) is 6.25. The number of benzene rings is 2. The van der Waals surface area contributed by atoms with Crippen molar-refractivity contribution in [2.45, 2.75) is 13.0 Å². The zero-order chi connectivity index (χ0) is 16.2. The summed E-state index contributed by atoms with van der Waals surface area (Å²) in [7, 11) is 0. The van der Waals surface area contributed by atoms with Crippen LogP contribution < -0.4 is 10.2 Å². The third kappa shape index (κ3) is 4.09. The molecule has 1 unspecified atom stereocenters. The van der Waals surface area contributed by atoms with Gasteiger partial charge in [0.2, 0.25) is 5.91 Å². The largest absolute Gasteiger partial charge is 0.312 e. The van der Waals surface area contributed by atoms with Gasteiger partial charge >= 0.3 is 0 Å². The zero-order valence-corrected chi connectivity index (χ0v) is 13.4. The van der Waals surface area contributed by atoms with Crippen molar-refractivity contribution in [1.29, 1.82) is 0 Å². The SMILES string of the molecule is O=C1CC(CNCc2cccc(Cl)c2)CN1c1ccc(F)cc1. The fraction of sp³-hybridized carbons (Fsp3) is 0.278. The van der Waals surface area contributed by atoms with E-state index in [0.29, 0.717) is 13.0 Å². The maximum Gasteiger partial charge on any atom is 0.227 e. The van der Waals surface area contributed by atoms with Crippen LogP contribution in [0.1, 0.15) is 12.0 Å². The highest BCUT2D eigenvalue weighted by Crippen LogP contribution is 2.25. The summed E-state index contributed by atoms with van der Waals surface area (Å²) in [6, 6.07) is 13.8. The van der Waals surface area contributed by atoms with Crippen LogP contribution in [0, 0.1) is 11.7 Å². The van der Waals surface area contributed by atoms with Gasteiger partial charge in [0.25, 0.3) is 0 Å². The van der Waals surface area contributed by atoms with E-state index < -0.39 is 0 Å². The molecule has 0 spiro atoms. The van der Waals surface area contributed by atoms with Crippen LogP contribution in [-0.2, 0) is 11.3 Å². The predicted octanol–water partition coefficient (Wildman–Crippen LogP) is 3.62. The van der Waals surface area contributed by atoms with Crippen molar-refractivity contribution in [3.05, 3.63) is 64.9 Å². The van der Waals surface area contributed by atoms with Crippen molar-refractivity contribution >= 4 is 23.2 Å². The molecule has 1 aliphatic heterocycles. The molecule has 3 nitrogen and oxygen atoms in total. The second-order valence-electron chi connectivity index (χ2n) is 5.81. The monoisotopic (exact) mass is 332 g/mol. The molecule has 1 atom stereocenters. The summed E-state index contributed by atoms with van der Waals surface area (Å²) in [6.07, 6.45) is 0.514. The van der Waals surface area contributed by atoms with Gasteiger partial charge in [-0.1, -0.05) is 23.7 Å². The quantitative estimate of drug-likeness (QED) is 0.907. The highest BCUT2D eigenvalue weighted by atomic mass is 35.5. The van der Waals surface area contributed by atoms with E-state index in [2.05, 4.69) is 5.32 Å². The molecule has 1 heterocycles. The van der Waals surface area contributed by atoms with Gasteiger partial charge in [0, 0.05) is 36.8 Å². The molecule has 1 aliphatic rings. The lowest BCUT2D eigenvalue weighted by Gasteiger charge is -2.17. The molecule has 23 heavy (non-hydrogen) atoms. The Hall–Kier alpha value is -1.91. The Morgan fingerprint density at radius 2 is 2.00 bits per heavy atom. The van der Waals surface area contributed by atoms with Gasteiger partial charge in [0.05, 0.1) is 0 Å². The van der Waals surface area contributed by atoms with Crippen molar-refractivity contribution in [1.82, 2.24) is 5.32 Å². The van der Waals surface area contributed by atoms with Crippen LogP contribution >= 0.6 is 11.6 Å². The van der Waals surface area contributed by atoms with Gasteiger partial charge in [-0.05, 0) is 47.9 Å². The van der Waals surface area contributed by atoms with Gasteiger partial charge in [-0.25, -0.2) is 4.39 Å². The maximum absolute atomic E-state index is 13.0. The molecule has 2 aromatic rings. The summed E-state index contributed by atoms with van der Waals surface area (Å²) < 4.78 is 13.0. The Morgan fingerprint density at radius 3 is 2.74 bits per heavy atom. The Bertz CT molecular complexity index is 690. The Labute approximate surface area is 140 Å². The first-order chi connectivity index (χ1) is 11.1. The van der Waals surface area contributed by atoms with Crippen LogP contribution in [0.4, 0.5) is 10.1 Å². The molecule has 1 N–H and O–H groups in total. The lowest BCUT2D eigenvalue weighted by Crippen LogP contribution is -2.27. The first-order valence-electron chi connectivity index (χ1n) is 7.63. The number of amides is 1. The lowest BCUT2D eigenvalue weighted by molar-refractivity contribution is -0.117. The van der Waals surface area contributed by atoms with Crippen LogP contribution in [-0.4, -0.2) is 19.0 Å². The minimum atomic E-state index is -0.292. The van der Waals surface area contributed by atoms with Gasteiger partial charge in [-0.15, -0.1) is 0 Å². The number of carbonyl (C=O) groups excluding carboxylic acids is 1. The van der Waals surface area contributed by atoms with Gasteiger partial charge < -0.3 is 10.2 Å². The molecule has 0 saturated carbocycles. The average molecular weight is 333 g/mol. The fourth-order valence-electron chi connectivity index (χ4n) is 2.86. The molecule has 0 aliphatic carbocycles. The summed E-state index contributed by atoms with van der Waals surface area (Å²) in [5.41, 5.74) is 1.88. The second kappa shape index (κ2) is 7.11. The Balaban J connectivity index is 1.52. The van der Waals surface area contributed by atoms with Crippen molar-refractivity contribution in [2.75, 3.05) is 18.0 Å². The van der Waals surface area contributed by atoms with Crippen molar-refractivity contribution < 1.29 is 9.18 Å². The molecule has 0 radical (unpaired) electrons. The van der Waals surface area contributed by atoms with Gasteiger partial charge in [-0.3, -0.25) is 4.79 Å². The summed E-state index contributed by atoms with van der Waals surface area (Å²) in [6.45, 7) is 2.14. The van der Waals surface area contributed by atoms with Crippen LogP contribution in [0.2, 0.25) is 5.02 Å². The summed E-state index contributed by atoms with van der Waals surface area (Å²) >= 11 is 5.96. The standard InChI is InChI=1S/C18H18ClFN2O/c19-15-3-1-2-13(8-15)10-21-11-14-9-18(23)22(12-14)17-6-4-16(20)5-7-17/h1-8,14,21H,9-12H2. The first-order valence-corrected chi connectivity index (χ1v) is 8.01. The number of hydrogen-bond donors (Lipinski definition) is 1. The van der Waals surface area contributed by atoms with E-state index in [-0.39, 0.29) is 17.6 Å². The first kappa shape index (κ1) is 16.0. The molecular weight excluding hydrogens is 315 g/mol. The molecule has 1 amide bonds. The van der Waals surface area contributed by atoms with Gasteiger partial charge in [0.1, 0.15) is 5.82 Å². The Kier molecular flexibility index (Phi) is 4.94. The van der Waals surface area contributed by atoms with E-state index in [9.17, 15) is 9.18 Å². The molecular formula is C18H18ClFN2O. The highest BCUT2D eigenvalue weighted by Gasteiger charge is 2.30. The van der Waals surface area contributed by atoms with Crippen LogP contribution in [0.3, 0.4) is 0 Å². The Morgan fingerprint density at radius 1 is 1.22 bits per heavy atom. The highest BCUT2D eigenvalue weighted by molar-refractivity contribution is 6.30. The molecule has 1 saturated heterocycles. The van der Waals surface area contributed by atoms with Crippen LogP contribution in [0.25, 0.3) is 0 Å². The molecule has 120 valence electrons. The summed E-state index contributed by atoms with van der Waals surface area (Å²) in [4.78, 5) is 13.9. The van der Waals surface area contributed by atoms with E-state index >= 15 is 0 Å². The number of anilines is 1. The van der Waals surface area contributed by atoms with E-state index in [4.69, 9.17) is 11.6 Å². The number of nitrogens with zero attached hydrogens (tertiary/aromatic N) is 1. The van der Waals surface area contributed by atoms with Gasteiger partial charge in [0.15, 0.2) is 0 Å². The molecule has 0 bridgehead atoms. The third-order valence-electron chi connectivity index (χ3n) is 3.99. The minimum absolute atomic E-state index is 0.0890. The average Bonchev–Trinajstić information content (AvgIpc) is 2.89. The van der Waals surface area contributed by atoms with Crippen LogP contribution in [0.5, 0.6) is 0 Å². The molecule has 2 aromatic carbocycles. The minimum Gasteiger partial charge on any atom is -0.312 e. The third-order valence-corrected chi connectivity index (χ3v) is 4.23. The van der Waals surface area contributed by atoms with Gasteiger partial charge in [-0.2, -0.15) is 0 Å². The number of halogens is 2. The van der Waals surface area contributed by atoms with E-state index in [1.165, 1.54) is 12.1 Å². The molecule has 5 heteroatoms. The topological polar surface area (TPSA) is 32.3 Å². The number of nitrogens with one attached hydrogen (secondary N) is 1. The lowest BCUT2D eigenvalue weighted by atomic mass is 10.1. The fourth-order valence-corrected chi connectivity index (χ4v) is 3.07. The predicted molar refractivity (Wildman–Crippen MR) is 90.0 cm³/mol. The number of rotatable bonds is 5. The summed E-state index contributed by atoms with van der Waals surface area (Å²) in [5, 5.41) is 4.10. The zero-order valence-electron chi connectivity index (χ0n) is 12.6. The molecule has 0 aromatic heterocycles. The van der Waals surface area contributed by atoms with E-state index in [0.717, 1.165) is 29.4 Å².